The van der Waals surface area contributed by atoms with E-state index in [-0.39, 0.29) is 11.8 Å². The first-order chi connectivity index (χ1) is 11.9. The smallest absolute Gasteiger partial charge is 0.230 e. The molecule has 0 radical (unpaired) electrons. The Balaban J connectivity index is 2.21. The second-order valence-electron chi connectivity index (χ2n) is 6.71. The van der Waals surface area contributed by atoms with Gasteiger partial charge in [0.2, 0.25) is 5.91 Å². The lowest BCUT2D eigenvalue weighted by atomic mass is 9.94. The van der Waals surface area contributed by atoms with E-state index < -0.39 is 5.41 Å². The average Bonchev–Trinajstić information content (AvgIpc) is 3.02. The van der Waals surface area contributed by atoms with Gasteiger partial charge in [0.05, 0.1) is 12.0 Å². The fourth-order valence-corrected chi connectivity index (χ4v) is 2.92. The van der Waals surface area contributed by atoms with Crippen molar-refractivity contribution in [2.24, 2.45) is 5.41 Å². The van der Waals surface area contributed by atoms with E-state index in [1.54, 1.807) is 11.0 Å². The van der Waals surface area contributed by atoms with Crippen LogP contribution in [-0.4, -0.2) is 27.8 Å². The van der Waals surface area contributed by atoms with Crippen molar-refractivity contribution in [3.63, 3.8) is 0 Å². The third-order valence-corrected chi connectivity index (χ3v) is 5.16. The molecule has 0 aliphatic rings. The Hall–Kier alpha value is -1.71. The molecule has 0 aliphatic heterocycles. The van der Waals surface area contributed by atoms with Gasteiger partial charge in [-0.3, -0.25) is 4.79 Å². The van der Waals surface area contributed by atoms with Crippen LogP contribution in [0.1, 0.15) is 25.1 Å². The molecule has 0 bridgehead atoms. The monoisotopic (exact) mass is 378 g/mol. The standard InChI is InChI=1S/C20H24Cl2N2O/c1-4-11-24(19(25)20(2,3)15-21)14-17-9-7-12-23(17)13-16-8-5-6-10-18(16)22/h4-10,12H,1,11,13-15H2,2-3H3. The highest BCUT2D eigenvalue weighted by molar-refractivity contribution is 6.31. The number of benzene rings is 1. The van der Waals surface area contributed by atoms with Gasteiger partial charge in [-0.05, 0) is 37.6 Å². The van der Waals surface area contributed by atoms with Crippen molar-refractivity contribution in [1.82, 2.24) is 9.47 Å². The summed E-state index contributed by atoms with van der Waals surface area (Å²) < 4.78 is 2.11. The molecule has 0 N–H and O–H groups in total. The first-order valence-electron chi connectivity index (χ1n) is 8.22. The lowest BCUT2D eigenvalue weighted by Gasteiger charge is -2.30. The number of nitrogens with zero attached hydrogens (tertiary/aromatic N) is 2. The van der Waals surface area contributed by atoms with E-state index >= 15 is 0 Å². The maximum absolute atomic E-state index is 12.8. The summed E-state index contributed by atoms with van der Waals surface area (Å²) in [6, 6.07) is 11.8. The van der Waals surface area contributed by atoms with E-state index in [1.165, 1.54) is 0 Å². The lowest BCUT2D eigenvalue weighted by Crippen LogP contribution is -2.42. The molecule has 0 unspecified atom stereocenters. The van der Waals surface area contributed by atoms with E-state index in [2.05, 4.69) is 11.1 Å². The molecule has 0 saturated heterocycles. The quantitative estimate of drug-likeness (QED) is 0.470. The van der Waals surface area contributed by atoms with E-state index in [1.807, 2.05) is 56.4 Å². The minimum Gasteiger partial charge on any atom is -0.345 e. The summed E-state index contributed by atoms with van der Waals surface area (Å²) in [5.41, 5.74) is 1.48. The second-order valence-corrected chi connectivity index (χ2v) is 7.39. The van der Waals surface area contributed by atoms with Gasteiger partial charge in [-0.15, -0.1) is 18.2 Å². The zero-order valence-corrected chi connectivity index (χ0v) is 16.2. The van der Waals surface area contributed by atoms with Gasteiger partial charge in [0.1, 0.15) is 0 Å². The molecule has 134 valence electrons. The maximum Gasteiger partial charge on any atom is 0.230 e. The number of carbonyl (C=O) groups excluding carboxylic acids is 1. The Morgan fingerprint density at radius 1 is 1.28 bits per heavy atom. The lowest BCUT2D eigenvalue weighted by molar-refractivity contribution is -0.139. The number of hydrogen-bond acceptors (Lipinski definition) is 1. The van der Waals surface area contributed by atoms with Crippen LogP contribution in [0.15, 0.2) is 55.3 Å². The fourth-order valence-electron chi connectivity index (χ4n) is 2.61. The molecule has 2 rings (SSSR count). The molecule has 0 aliphatic carbocycles. The predicted octanol–water partition coefficient (Wildman–Crippen LogP) is 4.97. The molecule has 1 heterocycles. The topological polar surface area (TPSA) is 25.2 Å². The van der Waals surface area contributed by atoms with Crippen LogP contribution in [0.5, 0.6) is 0 Å². The summed E-state index contributed by atoms with van der Waals surface area (Å²) in [6.45, 7) is 9.14. The molecule has 0 saturated carbocycles. The molecule has 1 amide bonds. The van der Waals surface area contributed by atoms with Gasteiger partial charge in [-0.25, -0.2) is 0 Å². The third kappa shape index (κ3) is 4.90. The first-order valence-corrected chi connectivity index (χ1v) is 9.14. The van der Waals surface area contributed by atoms with Gasteiger partial charge in [0.15, 0.2) is 0 Å². The highest BCUT2D eigenvalue weighted by atomic mass is 35.5. The summed E-state index contributed by atoms with van der Waals surface area (Å²) >= 11 is 12.2. The predicted molar refractivity (Wildman–Crippen MR) is 105 cm³/mol. The Bertz CT molecular complexity index is 737. The van der Waals surface area contributed by atoms with Gasteiger partial charge < -0.3 is 9.47 Å². The molecule has 1 aromatic heterocycles. The van der Waals surface area contributed by atoms with Crippen LogP contribution in [0.2, 0.25) is 5.02 Å². The van der Waals surface area contributed by atoms with Crippen LogP contribution in [0.4, 0.5) is 0 Å². The van der Waals surface area contributed by atoms with Gasteiger partial charge in [0.25, 0.3) is 0 Å². The van der Waals surface area contributed by atoms with Crippen molar-refractivity contribution in [3.8, 4) is 0 Å². The largest absolute Gasteiger partial charge is 0.345 e. The zero-order chi connectivity index (χ0) is 18.4. The van der Waals surface area contributed by atoms with Gasteiger partial charge in [-0.1, -0.05) is 35.9 Å². The molecule has 5 heteroatoms. The van der Waals surface area contributed by atoms with Crippen LogP contribution in [0.25, 0.3) is 0 Å². The maximum atomic E-state index is 12.8. The number of amides is 1. The normalized spacial score (nSPS) is 11.4. The molecule has 2 aromatic rings. The molecule has 0 fully saturated rings. The number of carbonyl (C=O) groups is 1. The van der Waals surface area contributed by atoms with Crippen molar-refractivity contribution in [3.05, 3.63) is 71.5 Å². The summed E-state index contributed by atoms with van der Waals surface area (Å²) in [5.74, 6) is 0.299. The molecule has 3 nitrogen and oxygen atoms in total. The summed E-state index contributed by atoms with van der Waals surface area (Å²) in [4.78, 5) is 14.6. The minimum atomic E-state index is -0.606. The van der Waals surface area contributed by atoms with E-state index in [4.69, 9.17) is 23.2 Å². The highest BCUT2D eigenvalue weighted by Gasteiger charge is 2.31. The Kier molecular flexibility index (Phi) is 6.74. The fraction of sp³-hybridized carbons (Fsp3) is 0.350. The van der Waals surface area contributed by atoms with Crippen molar-refractivity contribution in [1.29, 1.82) is 0 Å². The van der Waals surface area contributed by atoms with Crippen LogP contribution in [-0.2, 0) is 17.9 Å². The number of rotatable bonds is 8. The highest BCUT2D eigenvalue weighted by Crippen LogP contribution is 2.23. The second kappa shape index (κ2) is 8.59. The van der Waals surface area contributed by atoms with Crippen molar-refractivity contribution >= 4 is 29.1 Å². The van der Waals surface area contributed by atoms with Crippen molar-refractivity contribution in [2.45, 2.75) is 26.9 Å². The van der Waals surface area contributed by atoms with Crippen LogP contribution < -0.4 is 0 Å². The molecular weight excluding hydrogens is 355 g/mol. The number of aromatic nitrogens is 1. The Morgan fingerprint density at radius 3 is 2.64 bits per heavy atom. The number of halogens is 2. The van der Waals surface area contributed by atoms with Gasteiger partial charge in [-0.2, -0.15) is 0 Å². The molecular formula is C20H24Cl2N2O. The number of hydrogen-bond donors (Lipinski definition) is 0. The molecule has 1 aromatic carbocycles. The van der Waals surface area contributed by atoms with Crippen molar-refractivity contribution < 1.29 is 4.79 Å². The third-order valence-electron chi connectivity index (χ3n) is 4.12. The summed E-state index contributed by atoms with van der Waals surface area (Å²) in [5, 5.41) is 0.740. The molecule has 0 atom stereocenters. The summed E-state index contributed by atoms with van der Waals surface area (Å²) in [6.07, 6.45) is 3.74. The molecule has 25 heavy (non-hydrogen) atoms. The minimum absolute atomic E-state index is 0.0212. The van der Waals surface area contributed by atoms with Gasteiger partial charge in [0, 0.05) is 35.9 Å². The summed E-state index contributed by atoms with van der Waals surface area (Å²) in [7, 11) is 0. The van der Waals surface area contributed by atoms with Crippen LogP contribution in [0.3, 0.4) is 0 Å². The Labute approximate surface area is 159 Å². The number of alkyl halides is 1. The molecule has 0 spiro atoms. The first kappa shape index (κ1) is 19.6. The van der Waals surface area contributed by atoms with Crippen LogP contribution >= 0.6 is 23.2 Å². The zero-order valence-electron chi connectivity index (χ0n) is 14.7. The SMILES string of the molecule is C=CCN(Cc1cccn1Cc1ccccc1Cl)C(=O)C(C)(C)CCl. The van der Waals surface area contributed by atoms with E-state index in [0.717, 1.165) is 16.3 Å². The van der Waals surface area contributed by atoms with E-state index in [9.17, 15) is 4.79 Å². The van der Waals surface area contributed by atoms with Gasteiger partial charge >= 0.3 is 0 Å². The average molecular weight is 379 g/mol. The van der Waals surface area contributed by atoms with Crippen LogP contribution in [0, 0.1) is 5.41 Å². The van der Waals surface area contributed by atoms with E-state index in [0.29, 0.717) is 19.6 Å². The Morgan fingerprint density at radius 2 is 2.00 bits per heavy atom. The van der Waals surface area contributed by atoms with Crippen molar-refractivity contribution in [2.75, 3.05) is 12.4 Å².